The molecule has 1 aromatic carbocycles. The predicted molar refractivity (Wildman–Crippen MR) is 266 cm³/mol. The van der Waals surface area contributed by atoms with Gasteiger partial charge in [0.2, 0.25) is 23.6 Å². The number of benzene rings is 1. The average molecular weight is 987 g/mol. The number of amides is 4. The van der Waals surface area contributed by atoms with Gasteiger partial charge < -0.3 is 44.7 Å². The number of carbonyl (C=O) groups excluding carboxylic acids is 8. The van der Waals surface area contributed by atoms with Gasteiger partial charge in [-0.15, -0.1) is 0 Å². The third-order valence-electron chi connectivity index (χ3n) is 13.8. The van der Waals surface area contributed by atoms with E-state index in [1.165, 1.54) is 14.0 Å². The number of ether oxygens (including phenoxy) is 4. The Balaban J connectivity index is 2.17. The zero-order valence-electron chi connectivity index (χ0n) is 44.0. The summed E-state index contributed by atoms with van der Waals surface area (Å²) >= 11 is 0. The highest BCUT2D eigenvalue weighted by molar-refractivity contribution is 5.90. The highest BCUT2D eigenvalue weighted by Gasteiger charge is 2.43. The van der Waals surface area contributed by atoms with Crippen molar-refractivity contribution < 1.29 is 57.3 Å². The minimum atomic E-state index is -0.943. The zero-order valence-corrected chi connectivity index (χ0v) is 44.0. The van der Waals surface area contributed by atoms with Gasteiger partial charge in [0, 0.05) is 77.8 Å². The van der Waals surface area contributed by atoms with E-state index in [0.717, 1.165) is 12.0 Å². The number of nitrogens with zero attached hydrogens (tertiary/aromatic N) is 2. The fraction of sp³-hybridized carbons (Fsp3) is 0.731. The lowest BCUT2D eigenvalue weighted by molar-refractivity contribution is -0.149. The van der Waals surface area contributed by atoms with Crippen molar-refractivity contribution in [1.82, 2.24) is 25.8 Å². The lowest BCUT2D eigenvalue weighted by atomic mass is 9.84. The number of likely N-dealkylation sites (tertiary alicyclic amines) is 1. The molecule has 396 valence electrons. The molecule has 5 N–H and O–H groups in total. The quantitative estimate of drug-likeness (QED) is 0.0331. The number of Topliss-reactive ketones (excluding diaryl/α,β-unsaturated/α-hetero) is 2. The molecule has 1 aromatic rings. The van der Waals surface area contributed by atoms with Gasteiger partial charge in [-0.3, -0.25) is 39.3 Å². The average Bonchev–Trinajstić information content (AvgIpc) is 3.81. The maximum absolute atomic E-state index is 14.4. The van der Waals surface area contributed by atoms with Crippen LogP contribution >= 0.6 is 0 Å². The van der Waals surface area contributed by atoms with Crippen LogP contribution in [0.25, 0.3) is 0 Å². The predicted octanol–water partition coefficient (Wildman–Crippen LogP) is 3.99. The number of nitrogens with one attached hydrogen (secondary N) is 3. The van der Waals surface area contributed by atoms with Gasteiger partial charge in [-0.25, -0.2) is 4.79 Å². The van der Waals surface area contributed by atoms with E-state index in [1.807, 2.05) is 71.9 Å². The minimum Gasteiger partial charge on any atom is -0.464 e. The molecule has 0 aromatic heterocycles. The van der Waals surface area contributed by atoms with E-state index < -0.39 is 66.2 Å². The molecule has 18 nitrogen and oxygen atoms in total. The summed E-state index contributed by atoms with van der Waals surface area (Å²) in [4.78, 5) is 109. The lowest BCUT2D eigenvalue weighted by Crippen LogP contribution is -2.54. The summed E-state index contributed by atoms with van der Waals surface area (Å²) in [5.74, 6) is -4.06. The Morgan fingerprint density at radius 2 is 1.59 bits per heavy atom. The normalized spacial score (nSPS) is 18.0. The summed E-state index contributed by atoms with van der Waals surface area (Å²) in [6.07, 6.45) is 0.370. The lowest BCUT2D eigenvalue weighted by Gasteiger charge is -2.41. The molecule has 70 heavy (non-hydrogen) atoms. The fourth-order valence-electron chi connectivity index (χ4n) is 9.52. The number of likely N-dealkylation sites (N-methyl/N-ethyl adjacent to an activating group) is 2. The summed E-state index contributed by atoms with van der Waals surface area (Å²) in [7, 11) is 6.58. The SMILES string of the molecule is CC[C@H](C)[C@@H]([C@@H](CC(=O)N1CCC[C@H]1[C@H](OC)[C@@H](C)C(=O)C[C@@H](Cc1ccccc1)C(=O)NCCCOC(=O)[C@H](C)NC(=O)CCC(N)OC=O)OC)N(C)C(=O)[C@@H](CC(=O)[C@@H](NC)C(C)C)C(C)C. The molecule has 1 aliphatic heterocycles. The molecule has 1 aliphatic rings. The number of hydrogen-bond donors (Lipinski definition) is 4. The molecule has 2 rings (SSSR count). The van der Waals surface area contributed by atoms with E-state index >= 15 is 0 Å². The van der Waals surface area contributed by atoms with Crippen LogP contribution in [0.3, 0.4) is 0 Å². The number of nitrogens with two attached hydrogens (primary N) is 1. The first-order valence-electron chi connectivity index (χ1n) is 25.1. The molecule has 1 heterocycles. The van der Waals surface area contributed by atoms with Gasteiger partial charge in [-0.05, 0) is 63.0 Å². The second-order valence-corrected chi connectivity index (χ2v) is 19.6. The molecule has 1 saturated heterocycles. The van der Waals surface area contributed by atoms with Crippen LogP contribution in [0, 0.1) is 35.5 Å². The Bertz CT molecular complexity index is 1820. The summed E-state index contributed by atoms with van der Waals surface area (Å²) in [6.45, 7) is 16.0. The van der Waals surface area contributed by atoms with E-state index in [0.29, 0.717) is 25.8 Å². The molecular weight excluding hydrogens is 901 g/mol. The number of ketones is 2. The topological polar surface area (TPSA) is 242 Å². The summed E-state index contributed by atoms with van der Waals surface area (Å²) < 4.78 is 22.0. The maximum Gasteiger partial charge on any atom is 0.328 e. The molecule has 0 aliphatic carbocycles. The zero-order chi connectivity index (χ0) is 52.7. The molecule has 1 fully saturated rings. The van der Waals surface area contributed by atoms with Crippen LogP contribution in [0.15, 0.2) is 30.3 Å². The van der Waals surface area contributed by atoms with Crippen molar-refractivity contribution in [3.05, 3.63) is 35.9 Å². The third-order valence-corrected chi connectivity index (χ3v) is 13.8. The molecule has 4 amide bonds. The second-order valence-electron chi connectivity index (χ2n) is 19.6. The number of carbonyl (C=O) groups is 8. The Kier molecular flexibility index (Phi) is 27.6. The Morgan fingerprint density at radius 1 is 0.914 bits per heavy atom. The highest BCUT2D eigenvalue weighted by Crippen LogP contribution is 2.32. The molecule has 0 radical (unpaired) electrons. The summed E-state index contributed by atoms with van der Waals surface area (Å²) in [6, 6.07) is 7.19. The number of hydrogen-bond acceptors (Lipinski definition) is 14. The van der Waals surface area contributed by atoms with E-state index in [1.54, 1.807) is 37.9 Å². The van der Waals surface area contributed by atoms with E-state index in [4.69, 9.17) is 19.9 Å². The summed E-state index contributed by atoms with van der Waals surface area (Å²) in [5.41, 5.74) is 6.43. The van der Waals surface area contributed by atoms with Gasteiger partial charge in [0.15, 0.2) is 12.0 Å². The van der Waals surface area contributed by atoms with Crippen LogP contribution < -0.4 is 21.7 Å². The minimum absolute atomic E-state index is 0.0109. The molecule has 0 saturated carbocycles. The van der Waals surface area contributed by atoms with Gasteiger partial charge >= 0.3 is 5.97 Å². The molecular formula is C52H86N6O12. The van der Waals surface area contributed by atoms with Gasteiger partial charge in [-0.1, -0.05) is 85.2 Å². The van der Waals surface area contributed by atoms with Gasteiger partial charge in [0.05, 0.1) is 43.4 Å². The molecule has 0 spiro atoms. The van der Waals surface area contributed by atoms with Gasteiger partial charge in [0.25, 0.3) is 6.47 Å². The number of rotatable bonds is 34. The van der Waals surface area contributed by atoms with E-state index in [9.17, 15) is 38.4 Å². The summed E-state index contributed by atoms with van der Waals surface area (Å²) in [5, 5.41) is 8.51. The first-order valence-corrected chi connectivity index (χ1v) is 25.1. The third kappa shape index (κ3) is 19.1. The van der Waals surface area contributed by atoms with Crippen molar-refractivity contribution in [3.63, 3.8) is 0 Å². The van der Waals surface area contributed by atoms with Crippen molar-refractivity contribution >= 4 is 47.6 Å². The van der Waals surface area contributed by atoms with Crippen LogP contribution in [0.2, 0.25) is 0 Å². The van der Waals surface area contributed by atoms with Crippen molar-refractivity contribution in [1.29, 1.82) is 0 Å². The smallest absolute Gasteiger partial charge is 0.328 e. The molecule has 0 bridgehead atoms. The van der Waals surface area contributed by atoms with Crippen LogP contribution in [-0.2, 0) is 63.7 Å². The van der Waals surface area contributed by atoms with Crippen molar-refractivity contribution in [2.45, 2.75) is 162 Å². The van der Waals surface area contributed by atoms with Crippen LogP contribution in [0.5, 0.6) is 0 Å². The first-order chi connectivity index (χ1) is 33.2. The monoisotopic (exact) mass is 987 g/mol. The number of esters is 1. The van der Waals surface area contributed by atoms with Crippen molar-refractivity contribution in [2.24, 2.45) is 41.2 Å². The Morgan fingerprint density at radius 3 is 2.16 bits per heavy atom. The van der Waals surface area contributed by atoms with E-state index in [-0.39, 0.29) is 111 Å². The van der Waals surface area contributed by atoms with Crippen molar-refractivity contribution in [2.75, 3.05) is 48.0 Å². The molecule has 11 atom stereocenters. The van der Waals surface area contributed by atoms with Crippen LogP contribution in [0.1, 0.15) is 119 Å². The van der Waals surface area contributed by atoms with Gasteiger partial charge in [-0.2, -0.15) is 0 Å². The van der Waals surface area contributed by atoms with Gasteiger partial charge in [0.1, 0.15) is 11.8 Å². The fourth-order valence-corrected chi connectivity index (χ4v) is 9.52. The molecule has 18 heteroatoms. The van der Waals surface area contributed by atoms with Crippen LogP contribution in [0.4, 0.5) is 0 Å². The van der Waals surface area contributed by atoms with Crippen molar-refractivity contribution in [3.8, 4) is 0 Å². The maximum atomic E-state index is 14.4. The second kappa shape index (κ2) is 31.5. The molecule has 1 unspecified atom stereocenters. The van der Waals surface area contributed by atoms with Crippen LogP contribution in [-0.4, -0.2) is 148 Å². The number of methoxy groups -OCH3 is 2. The first kappa shape index (κ1) is 61.3. The standard InChI is InChI=1S/C52H86N6O12/c1-13-34(6)48(57(10)51(65)39(32(2)3)29-42(61)47(54-9)33(4)5)43(67-11)30-46(63)58-25-17-21-40(58)49(68-12)35(7)41(60)28-38(27-37-19-15-14-16-20-37)50(64)55-24-18-26-69-52(66)36(8)56-45(62)23-22-44(53)70-31-59/h14-16,19-20,31-36,38-40,43-44,47-49,54H,13,17-18,21-30,53H2,1-12H3,(H,55,64)(H,56,62)/t34-,35-,36-,38+,39-,40-,43+,44?,47-,48-,49+/m0/s1. The Labute approximate surface area is 416 Å². The van der Waals surface area contributed by atoms with E-state index in [2.05, 4.69) is 20.7 Å². The largest absolute Gasteiger partial charge is 0.464 e. The Hall–Kier alpha value is -4.78. The highest BCUT2D eigenvalue weighted by atomic mass is 16.5.